The molecule has 1 aliphatic heterocycles. The highest BCUT2D eigenvalue weighted by Crippen LogP contribution is 2.28. The minimum atomic E-state index is -0.341. The third-order valence-electron chi connectivity index (χ3n) is 5.01. The Morgan fingerprint density at radius 3 is 2.48 bits per heavy atom. The molecule has 8 heteroatoms. The van der Waals surface area contributed by atoms with Gasteiger partial charge in [-0.25, -0.2) is 9.78 Å². The topological polar surface area (TPSA) is 88.8 Å². The highest BCUT2D eigenvalue weighted by molar-refractivity contribution is 6.07. The van der Waals surface area contributed by atoms with E-state index in [9.17, 15) is 9.59 Å². The number of piperazine rings is 1. The van der Waals surface area contributed by atoms with Gasteiger partial charge in [0.2, 0.25) is 0 Å². The van der Waals surface area contributed by atoms with Gasteiger partial charge in [0, 0.05) is 31.7 Å². The van der Waals surface area contributed by atoms with E-state index in [1.54, 1.807) is 29.7 Å². The van der Waals surface area contributed by atoms with Gasteiger partial charge in [-0.2, -0.15) is 0 Å². The number of rotatable bonds is 3. The molecule has 1 aromatic carbocycles. The standard InChI is InChI=1S/C21H22N4O4/c1-3-28-21(27)25-11-9-24(10-12-25)20(26)16-13-17(15-7-5-4-6-8-15)22-19-18(16)14(2)23-29-19/h4-8,13H,3,9-12H2,1-2H3. The first kappa shape index (κ1) is 18.9. The van der Waals surface area contributed by atoms with E-state index in [4.69, 9.17) is 9.26 Å². The van der Waals surface area contributed by atoms with Crippen molar-refractivity contribution < 1.29 is 18.8 Å². The second-order valence-corrected chi connectivity index (χ2v) is 6.85. The predicted molar refractivity (Wildman–Crippen MR) is 106 cm³/mol. The summed E-state index contributed by atoms with van der Waals surface area (Å²) in [6.45, 7) is 5.66. The van der Waals surface area contributed by atoms with Crippen molar-refractivity contribution in [2.24, 2.45) is 0 Å². The summed E-state index contributed by atoms with van der Waals surface area (Å²) in [5.74, 6) is -0.121. The number of ether oxygens (including phenoxy) is 1. The minimum Gasteiger partial charge on any atom is -0.450 e. The Hall–Kier alpha value is -3.42. The number of carbonyl (C=O) groups is 2. The fraction of sp³-hybridized carbons (Fsp3) is 0.333. The minimum absolute atomic E-state index is 0.121. The van der Waals surface area contributed by atoms with E-state index in [-0.39, 0.29) is 12.0 Å². The van der Waals surface area contributed by atoms with Gasteiger partial charge in [0.1, 0.15) is 0 Å². The summed E-state index contributed by atoms with van der Waals surface area (Å²) in [6.07, 6.45) is -0.341. The molecule has 0 N–H and O–H groups in total. The maximum Gasteiger partial charge on any atom is 0.409 e. The maximum atomic E-state index is 13.3. The average molecular weight is 394 g/mol. The van der Waals surface area contributed by atoms with Crippen LogP contribution in [0.4, 0.5) is 4.79 Å². The Morgan fingerprint density at radius 2 is 1.79 bits per heavy atom. The summed E-state index contributed by atoms with van der Waals surface area (Å²) in [5, 5.41) is 4.62. The molecule has 1 saturated heterocycles. The van der Waals surface area contributed by atoms with Gasteiger partial charge in [0.05, 0.1) is 28.9 Å². The predicted octanol–water partition coefficient (Wildman–Crippen LogP) is 3.11. The Kier molecular flexibility index (Phi) is 5.16. The first-order valence-electron chi connectivity index (χ1n) is 9.62. The van der Waals surface area contributed by atoms with Crippen LogP contribution in [0, 0.1) is 6.92 Å². The molecule has 150 valence electrons. The Morgan fingerprint density at radius 1 is 1.10 bits per heavy atom. The van der Waals surface area contributed by atoms with E-state index in [1.165, 1.54) is 0 Å². The Labute approximate surface area is 168 Å². The lowest BCUT2D eigenvalue weighted by atomic mass is 10.0. The van der Waals surface area contributed by atoms with Gasteiger partial charge in [0.25, 0.3) is 11.6 Å². The van der Waals surface area contributed by atoms with Gasteiger partial charge in [-0.05, 0) is 19.9 Å². The fourth-order valence-electron chi connectivity index (χ4n) is 3.50. The van der Waals surface area contributed by atoms with Gasteiger partial charge < -0.3 is 19.1 Å². The molecule has 0 unspecified atom stereocenters. The van der Waals surface area contributed by atoms with Crippen molar-refractivity contribution in [1.29, 1.82) is 0 Å². The van der Waals surface area contributed by atoms with Crippen LogP contribution in [0.1, 0.15) is 23.0 Å². The Balaban J connectivity index is 1.64. The lowest BCUT2D eigenvalue weighted by molar-refractivity contribution is 0.0572. The number of hydrogen-bond donors (Lipinski definition) is 0. The van der Waals surface area contributed by atoms with E-state index < -0.39 is 0 Å². The molecule has 0 bridgehead atoms. The number of aryl methyl sites for hydroxylation is 1. The fourth-order valence-corrected chi connectivity index (χ4v) is 3.50. The van der Waals surface area contributed by atoms with E-state index >= 15 is 0 Å². The zero-order chi connectivity index (χ0) is 20.4. The van der Waals surface area contributed by atoms with Gasteiger partial charge in [-0.15, -0.1) is 0 Å². The summed E-state index contributed by atoms with van der Waals surface area (Å²) in [6, 6.07) is 11.4. The molecule has 2 aromatic heterocycles. The SMILES string of the molecule is CCOC(=O)N1CCN(C(=O)c2cc(-c3ccccc3)nc3onc(C)c23)CC1. The first-order chi connectivity index (χ1) is 14.1. The molecule has 3 aromatic rings. The van der Waals surface area contributed by atoms with E-state index in [1.807, 2.05) is 30.3 Å². The zero-order valence-electron chi connectivity index (χ0n) is 16.4. The summed E-state index contributed by atoms with van der Waals surface area (Å²) in [5.41, 5.74) is 3.03. The summed E-state index contributed by atoms with van der Waals surface area (Å²) < 4.78 is 10.4. The van der Waals surface area contributed by atoms with Crippen molar-refractivity contribution in [3.05, 3.63) is 47.7 Å². The number of pyridine rings is 1. The van der Waals surface area contributed by atoms with Crippen molar-refractivity contribution in [2.75, 3.05) is 32.8 Å². The summed E-state index contributed by atoms with van der Waals surface area (Å²) in [4.78, 5) is 33.1. The molecule has 1 aliphatic rings. The lowest BCUT2D eigenvalue weighted by Crippen LogP contribution is -2.50. The monoisotopic (exact) mass is 394 g/mol. The smallest absolute Gasteiger partial charge is 0.409 e. The molecular weight excluding hydrogens is 372 g/mol. The molecule has 0 radical (unpaired) electrons. The molecule has 0 saturated carbocycles. The first-order valence-corrected chi connectivity index (χ1v) is 9.62. The van der Waals surface area contributed by atoms with E-state index in [2.05, 4.69) is 10.1 Å². The van der Waals surface area contributed by atoms with Gasteiger partial charge in [-0.1, -0.05) is 35.5 Å². The van der Waals surface area contributed by atoms with E-state index in [0.717, 1.165) is 5.56 Å². The summed E-state index contributed by atoms with van der Waals surface area (Å²) >= 11 is 0. The summed E-state index contributed by atoms with van der Waals surface area (Å²) in [7, 11) is 0. The van der Waals surface area contributed by atoms with Crippen LogP contribution in [-0.2, 0) is 4.74 Å². The lowest BCUT2D eigenvalue weighted by Gasteiger charge is -2.34. The molecule has 1 fully saturated rings. The van der Waals surface area contributed by atoms with Crippen LogP contribution in [0.25, 0.3) is 22.4 Å². The molecule has 2 amide bonds. The second-order valence-electron chi connectivity index (χ2n) is 6.85. The third-order valence-corrected chi connectivity index (χ3v) is 5.01. The zero-order valence-corrected chi connectivity index (χ0v) is 16.4. The number of carbonyl (C=O) groups excluding carboxylic acids is 2. The van der Waals surface area contributed by atoms with Crippen LogP contribution in [0.2, 0.25) is 0 Å². The van der Waals surface area contributed by atoms with Crippen molar-refractivity contribution in [1.82, 2.24) is 19.9 Å². The number of aromatic nitrogens is 2. The van der Waals surface area contributed by atoms with Gasteiger partial charge >= 0.3 is 6.09 Å². The number of fused-ring (bicyclic) bond motifs is 1. The van der Waals surface area contributed by atoms with Gasteiger partial charge in [-0.3, -0.25) is 4.79 Å². The number of hydrogen-bond acceptors (Lipinski definition) is 6. The molecule has 8 nitrogen and oxygen atoms in total. The molecule has 0 atom stereocenters. The average Bonchev–Trinajstić information content (AvgIpc) is 3.14. The number of nitrogens with zero attached hydrogens (tertiary/aromatic N) is 4. The molecule has 0 aliphatic carbocycles. The second kappa shape index (κ2) is 7.90. The molecular formula is C21H22N4O4. The van der Waals surface area contributed by atoms with Crippen molar-refractivity contribution in [3.63, 3.8) is 0 Å². The molecule has 4 rings (SSSR count). The van der Waals surface area contributed by atoms with Crippen molar-refractivity contribution in [3.8, 4) is 11.3 Å². The molecule has 3 heterocycles. The normalized spacial score (nSPS) is 14.3. The number of amides is 2. The van der Waals surface area contributed by atoms with Crippen LogP contribution < -0.4 is 0 Å². The quantitative estimate of drug-likeness (QED) is 0.678. The molecule has 29 heavy (non-hydrogen) atoms. The highest BCUT2D eigenvalue weighted by Gasteiger charge is 2.28. The Bertz CT molecular complexity index is 1040. The van der Waals surface area contributed by atoms with Crippen molar-refractivity contribution in [2.45, 2.75) is 13.8 Å². The van der Waals surface area contributed by atoms with Crippen molar-refractivity contribution >= 4 is 23.1 Å². The van der Waals surface area contributed by atoms with Crippen LogP contribution in [0.15, 0.2) is 40.9 Å². The van der Waals surface area contributed by atoms with Crippen LogP contribution in [0.5, 0.6) is 0 Å². The van der Waals surface area contributed by atoms with E-state index in [0.29, 0.717) is 60.8 Å². The molecule has 0 spiro atoms. The maximum absolute atomic E-state index is 13.3. The number of benzene rings is 1. The largest absolute Gasteiger partial charge is 0.450 e. The van der Waals surface area contributed by atoms with Crippen LogP contribution in [-0.4, -0.2) is 64.7 Å². The third kappa shape index (κ3) is 3.65. The highest BCUT2D eigenvalue weighted by atomic mass is 16.6. The van der Waals surface area contributed by atoms with Crippen LogP contribution >= 0.6 is 0 Å². The van der Waals surface area contributed by atoms with Gasteiger partial charge in [0.15, 0.2) is 0 Å². The van der Waals surface area contributed by atoms with Crippen LogP contribution in [0.3, 0.4) is 0 Å².